The van der Waals surface area contributed by atoms with Gasteiger partial charge in [-0.15, -0.1) is 0 Å². The number of hydrogen-bond donors (Lipinski definition) is 1. The largest absolute Gasteiger partial charge is 0.324 e. The highest BCUT2D eigenvalue weighted by Gasteiger charge is 2.17. The lowest BCUT2D eigenvalue weighted by Gasteiger charge is -2.21. The predicted octanol–water partition coefficient (Wildman–Crippen LogP) is 2.72. The van der Waals surface area contributed by atoms with Gasteiger partial charge in [-0.25, -0.2) is 4.98 Å². The molecule has 0 amide bonds. The molecule has 2 heterocycles. The van der Waals surface area contributed by atoms with Crippen molar-refractivity contribution >= 4 is 11.0 Å². The van der Waals surface area contributed by atoms with E-state index in [0.717, 1.165) is 38.2 Å². The third kappa shape index (κ3) is 3.11. The van der Waals surface area contributed by atoms with Gasteiger partial charge >= 0.3 is 0 Å². The lowest BCUT2D eigenvalue weighted by atomic mass is 10.2. The Hall–Kier alpha value is -1.39. The van der Waals surface area contributed by atoms with E-state index in [1.165, 1.54) is 23.3 Å². The summed E-state index contributed by atoms with van der Waals surface area (Å²) in [5.41, 5.74) is 3.67. The van der Waals surface area contributed by atoms with Gasteiger partial charge in [0.15, 0.2) is 0 Å². The van der Waals surface area contributed by atoms with Crippen molar-refractivity contribution in [2.24, 2.45) is 0 Å². The van der Waals surface area contributed by atoms with Crippen molar-refractivity contribution in [3.05, 3.63) is 29.6 Å². The molecule has 114 valence electrons. The number of rotatable bonds is 3. The normalized spacial score (nSPS) is 17.5. The predicted molar refractivity (Wildman–Crippen MR) is 87.6 cm³/mol. The average molecular weight is 286 g/mol. The Labute approximate surface area is 127 Å². The van der Waals surface area contributed by atoms with Crippen LogP contribution in [0.3, 0.4) is 0 Å². The van der Waals surface area contributed by atoms with Gasteiger partial charge in [0, 0.05) is 19.1 Å². The summed E-state index contributed by atoms with van der Waals surface area (Å²) in [6.45, 7) is 12.1. The summed E-state index contributed by atoms with van der Waals surface area (Å²) in [6, 6.07) is 7.04. The number of fused-ring (bicyclic) bond motifs is 1. The second-order valence-corrected chi connectivity index (χ2v) is 6.36. The Morgan fingerprint density at radius 2 is 2.10 bits per heavy atom. The van der Waals surface area contributed by atoms with Gasteiger partial charge in [-0.05, 0) is 58.0 Å². The van der Waals surface area contributed by atoms with Gasteiger partial charge < -0.3 is 9.88 Å². The molecule has 0 spiro atoms. The smallest absolute Gasteiger partial charge is 0.124 e. The van der Waals surface area contributed by atoms with Gasteiger partial charge in [0.05, 0.1) is 17.6 Å². The van der Waals surface area contributed by atoms with Crippen LogP contribution in [0.15, 0.2) is 18.2 Å². The van der Waals surface area contributed by atoms with Crippen LogP contribution in [0.1, 0.15) is 37.7 Å². The SMILES string of the molecule is Cc1ccc2c(c1)nc(CN1CCCNCC1)n2C(C)C. The molecule has 0 bridgehead atoms. The van der Waals surface area contributed by atoms with Crippen LogP contribution in [0.5, 0.6) is 0 Å². The minimum atomic E-state index is 0.442. The van der Waals surface area contributed by atoms with Crippen LogP contribution in [0.4, 0.5) is 0 Å². The topological polar surface area (TPSA) is 33.1 Å². The van der Waals surface area contributed by atoms with E-state index in [-0.39, 0.29) is 0 Å². The van der Waals surface area contributed by atoms with E-state index in [1.807, 2.05) is 0 Å². The Morgan fingerprint density at radius 3 is 2.90 bits per heavy atom. The van der Waals surface area contributed by atoms with Crippen LogP contribution in [0.2, 0.25) is 0 Å². The maximum atomic E-state index is 4.92. The van der Waals surface area contributed by atoms with E-state index >= 15 is 0 Å². The molecular weight excluding hydrogens is 260 g/mol. The number of nitrogens with zero attached hydrogens (tertiary/aromatic N) is 3. The summed E-state index contributed by atoms with van der Waals surface area (Å²) in [6.07, 6.45) is 1.22. The second-order valence-electron chi connectivity index (χ2n) is 6.36. The quantitative estimate of drug-likeness (QED) is 0.942. The maximum Gasteiger partial charge on any atom is 0.124 e. The monoisotopic (exact) mass is 286 g/mol. The molecule has 1 aliphatic rings. The van der Waals surface area contributed by atoms with E-state index in [4.69, 9.17) is 4.98 Å². The zero-order chi connectivity index (χ0) is 14.8. The van der Waals surface area contributed by atoms with E-state index in [0.29, 0.717) is 6.04 Å². The van der Waals surface area contributed by atoms with Crippen molar-refractivity contribution < 1.29 is 0 Å². The Kier molecular flexibility index (Phi) is 4.27. The van der Waals surface area contributed by atoms with Crippen molar-refractivity contribution in [1.82, 2.24) is 19.8 Å². The number of hydrogen-bond acceptors (Lipinski definition) is 3. The Bertz CT molecular complexity index is 607. The fraction of sp³-hybridized carbons (Fsp3) is 0.588. The molecule has 0 radical (unpaired) electrons. The number of aromatic nitrogens is 2. The molecule has 4 heteroatoms. The number of nitrogens with one attached hydrogen (secondary N) is 1. The second kappa shape index (κ2) is 6.16. The summed E-state index contributed by atoms with van der Waals surface area (Å²) in [5, 5.41) is 3.47. The van der Waals surface area contributed by atoms with Gasteiger partial charge in [0.25, 0.3) is 0 Å². The first-order valence-corrected chi connectivity index (χ1v) is 8.05. The molecule has 0 unspecified atom stereocenters. The van der Waals surface area contributed by atoms with Crippen LogP contribution in [-0.4, -0.2) is 40.6 Å². The van der Waals surface area contributed by atoms with Crippen LogP contribution in [-0.2, 0) is 6.54 Å². The molecule has 1 saturated heterocycles. The van der Waals surface area contributed by atoms with Crippen molar-refractivity contribution in [3.63, 3.8) is 0 Å². The average Bonchev–Trinajstić information content (AvgIpc) is 2.60. The van der Waals surface area contributed by atoms with E-state index in [9.17, 15) is 0 Å². The fourth-order valence-corrected chi connectivity index (χ4v) is 3.21. The molecule has 1 aliphatic heterocycles. The van der Waals surface area contributed by atoms with E-state index < -0.39 is 0 Å². The number of aryl methyl sites for hydroxylation is 1. The first-order chi connectivity index (χ1) is 10.1. The summed E-state index contributed by atoms with van der Waals surface area (Å²) in [7, 11) is 0. The van der Waals surface area contributed by atoms with Crippen molar-refractivity contribution in [2.45, 2.75) is 39.8 Å². The molecule has 3 rings (SSSR count). The number of imidazole rings is 1. The molecule has 2 aromatic rings. The van der Waals surface area contributed by atoms with Gasteiger partial charge in [-0.1, -0.05) is 6.07 Å². The molecule has 1 fully saturated rings. The molecule has 0 atom stereocenters. The highest BCUT2D eigenvalue weighted by Crippen LogP contribution is 2.23. The van der Waals surface area contributed by atoms with Gasteiger partial charge in [-0.2, -0.15) is 0 Å². The number of benzene rings is 1. The summed E-state index contributed by atoms with van der Waals surface area (Å²) >= 11 is 0. The zero-order valence-corrected chi connectivity index (χ0v) is 13.4. The van der Waals surface area contributed by atoms with Crippen LogP contribution >= 0.6 is 0 Å². The minimum Gasteiger partial charge on any atom is -0.324 e. The minimum absolute atomic E-state index is 0.442. The Balaban J connectivity index is 1.94. The van der Waals surface area contributed by atoms with Gasteiger partial charge in [0.2, 0.25) is 0 Å². The van der Waals surface area contributed by atoms with Crippen molar-refractivity contribution in [2.75, 3.05) is 26.2 Å². The first-order valence-electron chi connectivity index (χ1n) is 8.05. The maximum absolute atomic E-state index is 4.92. The van der Waals surface area contributed by atoms with Crippen LogP contribution in [0, 0.1) is 6.92 Å². The molecule has 0 aliphatic carbocycles. The zero-order valence-electron chi connectivity index (χ0n) is 13.4. The van der Waals surface area contributed by atoms with Crippen LogP contribution in [0.25, 0.3) is 11.0 Å². The third-order valence-electron chi connectivity index (χ3n) is 4.23. The van der Waals surface area contributed by atoms with Crippen LogP contribution < -0.4 is 5.32 Å². The van der Waals surface area contributed by atoms with E-state index in [1.54, 1.807) is 0 Å². The van der Waals surface area contributed by atoms with Gasteiger partial charge in [0.1, 0.15) is 5.82 Å². The highest BCUT2D eigenvalue weighted by molar-refractivity contribution is 5.77. The molecule has 21 heavy (non-hydrogen) atoms. The molecular formula is C17H26N4. The summed E-state index contributed by atoms with van der Waals surface area (Å²) in [5.74, 6) is 1.20. The lowest BCUT2D eigenvalue weighted by molar-refractivity contribution is 0.271. The summed E-state index contributed by atoms with van der Waals surface area (Å²) < 4.78 is 2.40. The molecule has 1 aromatic heterocycles. The highest BCUT2D eigenvalue weighted by atomic mass is 15.2. The Morgan fingerprint density at radius 1 is 1.24 bits per heavy atom. The van der Waals surface area contributed by atoms with Crippen molar-refractivity contribution in [3.8, 4) is 0 Å². The first kappa shape index (κ1) is 14.5. The molecule has 0 saturated carbocycles. The third-order valence-corrected chi connectivity index (χ3v) is 4.23. The molecule has 1 aromatic carbocycles. The lowest BCUT2D eigenvalue weighted by Crippen LogP contribution is -2.29. The fourth-order valence-electron chi connectivity index (χ4n) is 3.21. The molecule has 1 N–H and O–H groups in total. The van der Waals surface area contributed by atoms with E-state index in [2.05, 4.69) is 53.8 Å². The van der Waals surface area contributed by atoms with Crippen molar-refractivity contribution in [1.29, 1.82) is 0 Å². The molecule has 4 nitrogen and oxygen atoms in total. The van der Waals surface area contributed by atoms with Gasteiger partial charge in [-0.3, -0.25) is 4.90 Å². The summed E-state index contributed by atoms with van der Waals surface area (Å²) in [4.78, 5) is 7.44. The standard InChI is InChI=1S/C17H26N4/c1-13(2)21-16-6-5-14(3)11-15(16)19-17(21)12-20-9-4-7-18-8-10-20/h5-6,11,13,18H,4,7-10,12H2,1-3H3.